The van der Waals surface area contributed by atoms with Crippen molar-refractivity contribution < 1.29 is 47.8 Å². The summed E-state index contributed by atoms with van der Waals surface area (Å²) in [6.45, 7) is 0.00758. The summed E-state index contributed by atoms with van der Waals surface area (Å²) in [6, 6.07) is 18.9. The van der Waals surface area contributed by atoms with E-state index in [0.717, 1.165) is 42.2 Å². The molecule has 2 aliphatic rings. The molecular weight excluding hydrogens is 761 g/mol. The molecule has 4 aromatic rings. The zero-order valence-corrected chi connectivity index (χ0v) is 32.2. The van der Waals surface area contributed by atoms with Gasteiger partial charge in [0.1, 0.15) is 12.1 Å². The van der Waals surface area contributed by atoms with E-state index in [9.17, 15) is 38.4 Å². The molecule has 4 aromatic carbocycles. The lowest BCUT2D eigenvalue weighted by Gasteiger charge is -2.27. The minimum Gasteiger partial charge on any atom is -0.467 e. The van der Waals surface area contributed by atoms with Gasteiger partial charge in [-0.2, -0.15) is 0 Å². The zero-order chi connectivity index (χ0) is 39.9. The van der Waals surface area contributed by atoms with Crippen molar-refractivity contribution in [2.75, 3.05) is 38.8 Å². The van der Waals surface area contributed by atoms with Crippen molar-refractivity contribution in [3.05, 3.63) is 95.1 Å². The van der Waals surface area contributed by atoms with Crippen LogP contribution in [0.2, 0.25) is 0 Å². The highest BCUT2D eigenvalue weighted by atomic mass is 33.1. The number of nitrogens with zero attached hydrogens (tertiary/aromatic N) is 2. The molecule has 6 amide bonds. The molecule has 290 valence electrons. The topological polar surface area (TPSA) is 186 Å². The van der Waals surface area contributed by atoms with Gasteiger partial charge in [0, 0.05) is 70.5 Å². The number of carbonyl (C=O) groups is 8. The number of ether oxygens (including phenoxy) is 2. The molecule has 2 heterocycles. The van der Waals surface area contributed by atoms with Crippen molar-refractivity contribution >= 4 is 90.5 Å². The van der Waals surface area contributed by atoms with Crippen LogP contribution in [-0.2, 0) is 28.7 Å². The lowest BCUT2D eigenvalue weighted by atomic mass is 9.94. The van der Waals surface area contributed by atoms with E-state index in [0.29, 0.717) is 33.0 Å². The maximum Gasteiger partial charge on any atom is 0.329 e. The normalized spacial score (nSPS) is 14.5. The van der Waals surface area contributed by atoms with Crippen LogP contribution in [-0.4, -0.2) is 108 Å². The Hall–Kier alpha value is -5.74. The standard InChI is InChI=1S/C40H38N4O10S2/c1-53-39(51)29(41-31(45)17-7-19-43-35(47)25-13-3-9-23-10-4-14-26(33(23)25)36(43)48)21-55-56-22-30(40(52)54-2)42-32(46)18-8-20-44-37(49)27-15-5-11-24-12-6-16-28(34(24)27)38(44)50/h3-6,9-16,29-30H,7-8,17-22H2,1-2H3,(H,41,45)(H,42,46)/t29-,30-/m0/s1. The number of carbonyl (C=O) groups excluding carboxylic acids is 8. The average molecular weight is 799 g/mol. The summed E-state index contributed by atoms with van der Waals surface area (Å²) in [5.41, 5.74) is 1.68. The number of benzene rings is 4. The number of methoxy groups -OCH3 is 2. The van der Waals surface area contributed by atoms with Crippen molar-refractivity contribution in [1.82, 2.24) is 20.4 Å². The summed E-state index contributed by atoms with van der Waals surface area (Å²) in [6.07, 6.45) is 0.169. The van der Waals surface area contributed by atoms with Crippen LogP contribution in [0, 0.1) is 0 Å². The van der Waals surface area contributed by atoms with E-state index in [1.54, 1.807) is 48.5 Å². The van der Waals surface area contributed by atoms with Gasteiger partial charge < -0.3 is 20.1 Å². The Morgan fingerprint density at radius 2 is 0.875 bits per heavy atom. The number of amides is 6. The first-order valence-corrected chi connectivity index (χ1v) is 20.3. The molecule has 0 aromatic heterocycles. The predicted molar refractivity (Wildman–Crippen MR) is 210 cm³/mol. The lowest BCUT2D eigenvalue weighted by molar-refractivity contribution is -0.144. The Morgan fingerprint density at radius 1 is 0.554 bits per heavy atom. The third kappa shape index (κ3) is 8.40. The molecule has 0 aliphatic carbocycles. The van der Waals surface area contributed by atoms with Gasteiger partial charge in [-0.15, -0.1) is 0 Å². The summed E-state index contributed by atoms with van der Waals surface area (Å²) in [5.74, 6) is -3.97. The summed E-state index contributed by atoms with van der Waals surface area (Å²) in [7, 11) is 4.69. The molecule has 0 spiro atoms. The van der Waals surface area contributed by atoms with Gasteiger partial charge in [0.25, 0.3) is 23.6 Å². The number of rotatable bonds is 17. The van der Waals surface area contributed by atoms with E-state index in [-0.39, 0.29) is 50.3 Å². The van der Waals surface area contributed by atoms with Gasteiger partial charge in [0.2, 0.25) is 11.8 Å². The van der Waals surface area contributed by atoms with E-state index in [4.69, 9.17) is 9.47 Å². The van der Waals surface area contributed by atoms with Gasteiger partial charge in [-0.05, 0) is 47.9 Å². The van der Waals surface area contributed by atoms with Crippen molar-refractivity contribution in [3.8, 4) is 0 Å². The average Bonchev–Trinajstić information content (AvgIpc) is 3.21. The summed E-state index contributed by atoms with van der Waals surface area (Å²) in [5, 5.41) is 8.07. The number of imide groups is 2. The molecule has 16 heteroatoms. The van der Waals surface area contributed by atoms with Gasteiger partial charge in [-0.25, -0.2) is 9.59 Å². The van der Waals surface area contributed by atoms with Crippen molar-refractivity contribution in [2.24, 2.45) is 0 Å². The maximum atomic E-state index is 13.2. The minimum atomic E-state index is -1.04. The molecule has 0 unspecified atom stereocenters. The largest absolute Gasteiger partial charge is 0.467 e. The van der Waals surface area contributed by atoms with Crippen LogP contribution < -0.4 is 10.6 Å². The first-order chi connectivity index (χ1) is 27.0. The van der Waals surface area contributed by atoms with Crippen molar-refractivity contribution in [2.45, 2.75) is 37.8 Å². The fourth-order valence-corrected chi connectivity index (χ4v) is 9.05. The second-order valence-electron chi connectivity index (χ2n) is 13.0. The zero-order valence-electron chi connectivity index (χ0n) is 30.5. The van der Waals surface area contributed by atoms with Crippen LogP contribution in [0.4, 0.5) is 0 Å². The van der Waals surface area contributed by atoms with Gasteiger partial charge in [-0.1, -0.05) is 70.1 Å². The molecule has 2 aliphatic heterocycles. The highest BCUT2D eigenvalue weighted by Gasteiger charge is 2.34. The molecule has 14 nitrogen and oxygen atoms in total. The van der Waals surface area contributed by atoms with Crippen LogP contribution in [0.3, 0.4) is 0 Å². The molecule has 0 saturated heterocycles. The third-order valence-electron chi connectivity index (χ3n) is 9.48. The molecule has 2 N–H and O–H groups in total. The van der Waals surface area contributed by atoms with Gasteiger partial charge in [-0.3, -0.25) is 38.6 Å². The predicted octanol–water partition coefficient (Wildman–Crippen LogP) is 4.14. The second-order valence-corrected chi connectivity index (χ2v) is 15.6. The fraction of sp³-hybridized carbons (Fsp3) is 0.300. The number of esters is 2. The van der Waals surface area contributed by atoms with E-state index in [1.807, 2.05) is 24.3 Å². The first kappa shape index (κ1) is 39.9. The Balaban J connectivity index is 0.943. The Kier molecular flexibility index (Phi) is 12.7. The SMILES string of the molecule is COC(=O)[C@H](CSSC[C@H](NC(=O)CCCN1C(=O)c2cccc3cccc(c23)C1=O)C(=O)OC)NC(=O)CCCN1C(=O)c2cccc3cccc(c23)C1=O. The number of nitrogens with one attached hydrogen (secondary N) is 2. The molecule has 0 fully saturated rings. The van der Waals surface area contributed by atoms with Crippen LogP contribution in [0.5, 0.6) is 0 Å². The summed E-state index contributed by atoms with van der Waals surface area (Å²) < 4.78 is 9.73. The summed E-state index contributed by atoms with van der Waals surface area (Å²) >= 11 is 0. The minimum absolute atomic E-state index is 0.00379. The van der Waals surface area contributed by atoms with E-state index in [2.05, 4.69) is 10.6 Å². The quantitative estimate of drug-likeness (QED) is 0.0675. The molecule has 0 bridgehead atoms. The van der Waals surface area contributed by atoms with Gasteiger partial charge >= 0.3 is 11.9 Å². The van der Waals surface area contributed by atoms with Crippen LogP contribution in [0.1, 0.15) is 67.1 Å². The number of hydrogen-bond donors (Lipinski definition) is 2. The maximum absolute atomic E-state index is 13.2. The molecule has 2 atom stereocenters. The Labute approximate surface area is 329 Å². The van der Waals surface area contributed by atoms with Crippen molar-refractivity contribution in [3.63, 3.8) is 0 Å². The van der Waals surface area contributed by atoms with E-state index in [1.165, 1.54) is 14.2 Å². The lowest BCUT2D eigenvalue weighted by Crippen LogP contribution is -2.44. The van der Waals surface area contributed by atoms with E-state index >= 15 is 0 Å². The summed E-state index contributed by atoms with van der Waals surface area (Å²) in [4.78, 5) is 106. The van der Waals surface area contributed by atoms with Crippen LogP contribution in [0.15, 0.2) is 72.8 Å². The number of hydrogen-bond acceptors (Lipinski definition) is 12. The molecule has 0 radical (unpaired) electrons. The highest BCUT2D eigenvalue weighted by Crippen LogP contribution is 2.31. The first-order valence-electron chi connectivity index (χ1n) is 17.8. The van der Waals surface area contributed by atoms with Gasteiger partial charge in [0.05, 0.1) is 14.2 Å². The molecule has 0 saturated carbocycles. The monoisotopic (exact) mass is 798 g/mol. The highest BCUT2D eigenvalue weighted by molar-refractivity contribution is 8.76. The smallest absolute Gasteiger partial charge is 0.329 e. The molecular formula is C40H38N4O10S2. The van der Waals surface area contributed by atoms with Crippen LogP contribution in [0.25, 0.3) is 21.5 Å². The Bertz CT molecular complexity index is 2000. The third-order valence-corrected chi connectivity index (χ3v) is 11.9. The van der Waals surface area contributed by atoms with Gasteiger partial charge in [0.15, 0.2) is 0 Å². The second kappa shape index (κ2) is 17.8. The fourth-order valence-electron chi connectivity index (χ4n) is 6.75. The molecule has 6 rings (SSSR count). The van der Waals surface area contributed by atoms with E-state index < -0.39 is 59.5 Å². The Morgan fingerprint density at radius 3 is 1.18 bits per heavy atom. The van der Waals surface area contributed by atoms with Crippen LogP contribution >= 0.6 is 21.6 Å². The molecule has 56 heavy (non-hydrogen) atoms. The van der Waals surface area contributed by atoms with Crippen molar-refractivity contribution in [1.29, 1.82) is 0 Å².